The molecule has 0 atom stereocenters. The summed E-state index contributed by atoms with van der Waals surface area (Å²) in [6.45, 7) is 0.389. The molecule has 126 valence electrons. The molecule has 2 aromatic rings. The van der Waals surface area contributed by atoms with Gasteiger partial charge in [0, 0.05) is 25.6 Å². The summed E-state index contributed by atoms with van der Waals surface area (Å²) < 4.78 is 5.37. The van der Waals surface area contributed by atoms with Crippen LogP contribution in [0.15, 0.2) is 28.8 Å². The molecule has 0 radical (unpaired) electrons. The number of carboxylic acids is 1. The number of nitrogens with zero attached hydrogens (tertiary/aromatic N) is 2. The molecule has 6 heteroatoms. The van der Waals surface area contributed by atoms with Gasteiger partial charge in [0.25, 0.3) is 5.91 Å². The Labute approximate surface area is 140 Å². The first-order valence-electron chi connectivity index (χ1n) is 8.11. The van der Waals surface area contributed by atoms with Crippen molar-refractivity contribution in [1.82, 2.24) is 10.1 Å². The first kappa shape index (κ1) is 16.2. The SMILES string of the molecule is CN(Cc1ccc(C(=O)O)cc1)C(=O)c1noc2c1CCCCC2. The minimum atomic E-state index is -0.962. The predicted molar refractivity (Wildman–Crippen MR) is 87.0 cm³/mol. The molecular formula is C18H20N2O4. The number of rotatable bonds is 4. The van der Waals surface area contributed by atoms with E-state index in [1.165, 1.54) is 12.1 Å². The van der Waals surface area contributed by atoms with Crippen molar-refractivity contribution in [3.8, 4) is 0 Å². The summed E-state index contributed by atoms with van der Waals surface area (Å²) in [6, 6.07) is 6.52. The van der Waals surface area contributed by atoms with Gasteiger partial charge < -0.3 is 14.5 Å². The lowest BCUT2D eigenvalue weighted by Gasteiger charge is -2.16. The Morgan fingerprint density at radius 2 is 1.88 bits per heavy atom. The highest BCUT2D eigenvalue weighted by molar-refractivity contribution is 5.93. The first-order chi connectivity index (χ1) is 11.6. The van der Waals surface area contributed by atoms with Crippen LogP contribution in [0.3, 0.4) is 0 Å². The molecule has 1 aromatic carbocycles. The van der Waals surface area contributed by atoms with E-state index in [9.17, 15) is 9.59 Å². The second-order valence-electron chi connectivity index (χ2n) is 6.16. The smallest absolute Gasteiger partial charge is 0.335 e. The molecule has 1 aliphatic carbocycles. The fourth-order valence-corrected chi connectivity index (χ4v) is 3.01. The highest BCUT2D eigenvalue weighted by Crippen LogP contribution is 2.24. The molecule has 1 heterocycles. The van der Waals surface area contributed by atoms with E-state index in [1.807, 2.05) is 0 Å². The summed E-state index contributed by atoms with van der Waals surface area (Å²) in [5.74, 6) is -0.282. The predicted octanol–water partition coefficient (Wildman–Crippen LogP) is 2.91. The highest BCUT2D eigenvalue weighted by atomic mass is 16.5. The van der Waals surface area contributed by atoms with Crippen LogP contribution in [0.4, 0.5) is 0 Å². The molecule has 6 nitrogen and oxygen atoms in total. The second-order valence-corrected chi connectivity index (χ2v) is 6.16. The van der Waals surface area contributed by atoms with Crippen LogP contribution in [0, 0.1) is 0 Å². The Kier molecular flexibility index (Phi) is 4.64. The number of fused-ring (bicyclic) bond motifs is 1. The van der Waals surface area contributed by atoms with Crippen molar-refractivity contribution in [3.05, 3.63) is 52.4 Å². The van der Waals surface area contributed by atoms with Crippen LogP contribution >= 0.6 is 0 Å². The van der Waals surface area contributed by atoms with Crippen LogP contribution < -0.4 is 0 Å². The number of amides is 1. The van der Waals surface area contributed by atoms with E-state index in [0.717, 1.165) is 49.0 Å². The minimum Gasteiger partial charge on any atom is -0.478 e. The van der Waals surface area contributed by atoms with Gasteiger partial charge in [0.15, 0.2) is 5.69 Å². The van der Waals surface area contributed by atoms with E-state index < -0.39 is 5.97 Å². The van der Waals surface area contributed by atoms with Gasteiger partial charge in [-0.25, -0.2) is 4.79 Å². The van der Waals surface area contributed by atoms with Crippen LogP contribution in [0.1, 0.15) is 57.0 Å². The molecule has 0 bridgehead atoms. The van der Waals surface area contributed by atoms with E-state index >= 15 is 0 Å². The molecule has 1 aliphatic rings. The summed E-state index contributed by atoms with van der Waals surface area (Å²) >= 11 is 0. The van der Waals surface area contributed by atoms with Gasteiger partial charge >= 0.3 is 5.97 Å². The van der Waals surface area contributed by atoms with Crippen molar-refractivity contribution in [1.29, 1.82) is 0 Å². The molecule has 1 aromatic heterocycles. The van der Waals surface area contributed by atoms with Crippen molar-refractivity contribution in [3.63, 3.8) is 0 Å². The van der Waals surface area contributed by atoms with Gasteiger partial charge in [0.05, 0.1) is 5.56 Å². The lowest BCUT2D eigenvalue weighted by molar-refractivity contribution is 0.0695. The lowest BCUT2D eigenvalue weighted by Crippen LogP contribution is -2.27. The van der Waals surface area contributed by atoms with Gasteiger partial charge in [0.1, 0.15) is 5.76 Å². The van der Waals surface area contributed by atoms with Crippen molar-refractivity contribution >= 4 is 11.9 Å². The molecule has 0 saturated heterocycles. The average molecular weight is 328 g/mol. The zero-order chi connectivity index (χ0) is 17.1. The number of carbonyl (C=O) groups is 2. The van der Waals surface area contributed by atoms with Gasteiger partial charge in [-0.2, -0.15) is 0 Å². The molecule has 0 fully saturated rings. The van der Waals surface area contributed by atoms with Crippen LogP contribution in [0.5, 0.6) is 0 Å². The van der Waals surface area contributed by atoms with Crippen LogP contribution in [0.25, 0.3) is 0 Å². The molecule has 0 aliphatic heterocycles. The fraction of sp³-hybridized carbons (Fsp3) is 0.389. The van der Waals surface area contributed by atoms with Gasteiger partial charge in [-0.05, 0) is 37.0 Å². The summed E-state index contributed by atoms with van der Waals surface area (Å²) in [5.41, 5.74) is 2.46. The molecule has 3 rings (SSSR count). The monoisotopic (exact) mass is 328 g/mol. The maximum absolute atomic E-state index is 12.7. The maximum Gasteiger partial charge on any atom is 0.335 e. The normalized spacial score (nSPS) is 13.9. The number of aryl methyl sites for hydroxylation is 1. The van der Waals surface area contributed by atoms with Gasteiger partial charge in [-0.15, -0.1) is 0 Å². The molecule has 0 saturated carbocycles. The van der Waals surface area contributed by atoms with Gasteiger partial charge in [-0.1, -0.05) is 23.7 Å². The maximum atomic E-state index is 12.7. The number of benzene rings is 1. The largest absolute Gasteiger partial charge is 0.478 e. The summed E-state index contributed by atoms with van der Waals surface area (Å²) in [5, 5.41) is 12.9. The number of aromatic carboxylic acids is 1. The number of carbonyl (C=O) groups excluding carboxylic acids is 1. The minimum absolute atomic E-state index is 0.163. The third kappa shape index (κ3) is 3.32. The number of aromatic nitrogens is 1. The van der Waals surface area contributed by atoms with Crippen molar-refractivity contribution < 1.29 is 19.2 Å². The van der Waals surface area contributed by atoms with E-state index in [4.69, 9.17) is 9.63 Å². The topological polar surface area (TPSA) is 83.6 Å². The highest BCUT2D eigenvalue weighted by Gasteiger charge is 2.25. The van der Waals surface area contributed by atoms with E-state index in [0.29, 0.717) is 12.2 Å². The third-order valence-corrected chi connectivity index (χ3v) is 4.37. The molecular weight excluding hydrogens is 308 g/mol. The summed E-state index contributed by atoms with van der Waals surface area (Å²) in [4.78, 5) is 25.1. The van der Waals surface area contributed by atoms with E-state index in [1.54, 1.807) is 24.1 Å². The number of hydrogen-bond acceptors (Lipinski definition) is 4. The molecule has 0 spiro atoms. The van der Waals surface area contributed by atoms with Crippen LogP contribution in [0.2, 0.25) is 0 Å². The standard InChI is InChI=1S/C18H20N2O4/c1-20(11-12-7-9-13(10-8-12)18(22)23)17(21)16-14-5-3-2-4-6-15(14)24-19-16/h7-10H,2-6,11H2,1H3,(H,22,23). The zero-order valence-electron chi connectivity index (χ0n) is 13.6. The van der Waals surface area contributed by atoms with Crippen molar-refractivity contribution in [2.24, 2.45) is 0 Å². The van der Waals surface area contributed by atoms with Gasteiger partial charge in [0.2, 0.25) is 0 Å². The Bertz CT molecular complexity index is 749. The Morgan fingerprint density at radius 1 is 1.17 bits per heavy atom. The fourth-order valence-electron chi connectivity index (χ4n) is 3.01. The molecule has 0 unspecified atom stereocenters. The number of hydrogen-bond donors (Lipinski definition) is 1. The second kappa shape index (κ2) is 6.86. The van der Waals surface area contributed by atoms with Crippen LogP contribution in [-0.2, 0) is 19.4 Å². The Morgan fingerprint density at radius 3 is 2.58 bits per heavy atom. The average Bonchev–Trinajstić information content (AvgIpc) is 2.83. The number of carboxylic acid groups (broad SMARTS) is 1. The van der Waals surface area contributed by atoms with Gasteiger partial charge in [-0.3, -0.25) is 4.79 Å². The first-order valence-corrected chi connectivity index (χ1v) is 8.11. The van der Waals surface area contributed by atoms with Crippen LogP contribution in [-0.4, -0.2) is 34.1 Å². The third-order valence-electron chi connectivity index (χ3n) is 4.37. The van der Waals surface area contributed by atoms with Crippen molar-refractivity contribution in [2.75, 3.05) is 7.05 Å². The summed E-state index contributed by atoms with van der Waals surface area (Å²) in [6.07, 6.45) is 4.94. The Balaban J connectivity index is 1.73. The quantitative estimate of drug-likeness (QED) is 0.873. The Hall–Kier alpha value is -2.63. The van der Waals surface area contributed by atoms with E-state index in [-0.39, 0.29) is 11.5 Å². The molecule has 24 heavy (non-hydrogen) atoms. The lowest BCUT2D eigenvalue weighted by atomic mass is 10.1. The molecule has 1 amide bonds. The summed E-state index contributed by atoms with van der Waals surface area (Å²) in [7, 11) is 1.71. The zero-order valence-corrected chi connectivity index (χ0v) is 13.6. The van der Waals surface area contributed by atoms with E-state index in [2.05, 4.69) is 5.16 Å². The molecule has 1 N–H and O–H groups in total. The van der Waals surface area contributed by atoms with Crippen molar-refractivity contribution in [2.45, 2.75) is 38.6 Å².